The molecule has 1 atom stereocenters. The molecule has 1 fully saturated rings. The predicted octanol–water partition coefficient (Wildman–Crippen LogP) is 1.50. The van der Waals surface area contributed by atoms with E-state index in [4.69, 9.17) is 4.74 Å². The van der Waals surface area contributed by atoms with Gasteiger partial charge in [0.05, 0.1) is 13.5 Å². The van der Waals surface area contributed by atoms with Gasteiger partial charge in [0.25, 0.3) is 0 Å². The Morgan fingerprint density at radius 3 is 3.05 bits per heavy atom. The molecule has 4 nitrogen and oxygen atoms in total. The Bertz CT molecular complexity index is 414. The Hall–Kier alpha value is -1.55. The normalized spacial score (nSPS) is 18.3. The molecule has 0 aromatic heterocycles. The first-order chi connectivity index (χ1) is 9.29. The molecule has 1 aromatic rings. The van der Waals surface area contributed by atoms with E-state index in [2.05, 4.69) is 10.6 Å². The number of carbonyl (C=O) groups is 1. The molecular weight excluding hydrogens is 240 g/mol. The van der Waals surface area contributed by atoms with Gasteiger partial charge in [-0.3, -0.25) is 4.79 Å². The van der Waals surface area contributed by atoms with Crippen LogP contribution < -0.4 is 15.4 Å². The van der Waals surface area contributed by atoms with Gasteiger partial charge in [-0.15, -0.1) is 0 Å². The van der Waals surface area contributed by atoms with Crippen LogP contribution in [0.3, 0.4) is 0 Å². The number of para-hydroxylation sites is 1. The summed E-state index contributed by atoms with van der Waals surface area (Å²) in [5.74, 6) is 0.831. The van der Waals surface area contributed by atoms with E-state index < -0.39 is 0 Å². The highest BCUT2D eigenvalue weighted by Crippen LogP contribution is 2.17. The third-order valence-electron chi connectivity index (χ3n) is 3.52. The molecule has 0 unspecified atom stereocenters. The molecule has 0 spiro atoms. The van der Waals surface area contributed by atoms with Gasteiger partial charge in [0.15, 0.2) is 0 Å². The van der Waals surface area contributed by atoms with Gasteiger partial charge in [0.1, 0.15) is 5.75 Å². The van der Waals surface area contributed by atoms with Gasteiger partial charge in [-0.25, -0.2) is 0 Å². The standard InChI is InChI=1S/C15H22N2O2/c1-19-14-7-3-2-5-12(14)11-15(18)17-10-8-13-6-4-9-16-13/h2-3,5,7,13,16H,4,6,8-11H2,1H3,(H,17,18)/t13-/m0/s1. The molecular formula is C15H22N2O2. The monoisotopic (exact) mass is 262 g/mol. The van der Waals surface area contributed by atoms with Gasteiger partial charge in [0, 0.05) is 18.2 Å². The molecule has 0 radical (unpaired) electrons. The number of carbonyl (C=O) groups excluding carboxylic acids is 1. The molecule has 1 amide bonds. The average molecular weight is 262 g/mol. The van der Waals surface area contributed by atoms with Crippen LogP contribution in [-0.4, -0.2) is 32.1 Å². The molecule has 19 heavy (non-hydrogen) atoms. The van der Waals surface area contributed by atoms with Crippen molar-refractivity contribution in [1.29, 1.82) is 0 Å². The lowest BCUT2D eigenvalue weighted by Crippen LogP contribution is -2.31. The van der Waals surface area contributed by atoms with E-state index in [9.17, 15) is 4.79 Å². The summed E-state index contributed by atoms with van der Waals surface area (Å²) in [5, 5.41) is 6.40. The molecule has 1 saturated heterocycles. The molecule has 0 aliphatic carbocycles. The van der Waals surface area contributed by atoms with Crippen LogP contribution in [0, 0.1) is 0 Å². The van der Waals surface area contributed by atoms with E-state index in [0.29, 0.717) is 12.5 Å². The number of hydrogen-bond acceptors (Lipinski definition) is 3. The number of amides is 1. The van der Waals surface area contributed by atoms with Crippen LogP contribution in [0.25, 0.3) is 0 Å². The van der Waals surface area contributed by atoms with Gasteiger partial charge in [-0.1, -0.05) is 18.2 Å². The maximum absolute atomic E-state index is 11.9. The number of ether oxygens (including phenoxy) is 1. The smallest absolute Gasteiger partial charge is 0.224 e. The first-order valence-corrected chi connectivity index (χ1v) is 6.91. The number of methoxy groups -OCH3 is 1. The van der Waals surface area contributed by atoms with Crippen molar-refractivity contribution >= 4 is 5.91 Å². The Morgan fingerprint density at radius 2 is 2.32 bits per heavy atom. The van der Waals surface area contributed by atoms with E-state index in [-0.39, 0.29) is 5.91 Å². The minimum absolute atomic E-state index is 0.0579. The highest BCUT2D eigenvalue weighted by Gasteiger charge is 2.14. The third-order valence-corrected chi connectivity index (χ3v) is 3.52. The number of nitrogens with one attached hydrogen (secondary N) is 2. The van der Waals surface area contributed by atoms with Gasteiger partial charge < -0.3 is 15.4 Å². The molecule has 0 saturated carbocycles. The van der Waals surface area contributed by atoms with Crippen molar-refractivity contribution < 1.29 is 9.53 Å². The van der Waals surface area contributed by atoms with Crippen LogP contribution in [0.15, 0.2) is 24.3 Å². The van der Waals surface area contributed by atoms with E-state index in [1.807, 2.05) is 24.3 Å². The molecule has 1 heterocycles. The van der Waals surface area contributed by atoms with Gasteiger partial charge in [-0.2, -0.15) is 0 Å². The molecule has 1 aromatic carbocycles. The SMILES string of the molecule is COc1ccccc1CC(=O)NCC[C@@H]1CCCN1. The van der Waals surface area contributed by atoms with Crippen molar-refractivity contribution in [2.75, 3.05) is 20.2 Å². The van der Waals surface area contributed by atoms with Crippen molar-refractivity contribution in [3.8, 4) is 5.75 Å². The van der Waals surface area contributed by atoms with Gasteiger partial charge in [0.2, 0.25) is 5.91 Å². The van der Waals surface area contributed by atoms with Crippen LogP contribution in [0.2, 0.25) is 0 Å². The van der Waals surface area contributed by atoms with E-state index in [1.54, 1.807) is 7.11 Å². The van der Waals surface area contributed by atoms with Crippen molar-refractivity contribution in [2.45, 2.75) is 31.7 Å². The van der Waals surface area contributed by atoms with E-state index >= 15 is 0 Å². The lowest BCUT2D eigenvalue weighted by atomic mass is 10.1. The van der Waals surface area contributed by atoms with Crippen molar-refractivity contribution in [3.63, 3.8) is 0 Å². The molecule has 1 aliphatic rings. The molecule has 0 bridgehead atoms. The summed E-state index contributed by atoms with van der Waals surface area (Å²) in [6.45, 7) is 1.85. The second kappa shape index (κ2) is 7.14. The lowest BCUT2D eigenvalue weighted by Gasteiger charge is -2.11. The third kappa shape index (κ3) is 4.24. The topological polar surface area (TPSA) is 50.4 Å². The highest BCUT2D eigenvalue weighted by molar-refractivity contribution is 5.79. The second-order valence-corrected chi connectivity index (χ2v) is 4.92. The summed E-state index contributed by atoms with van der Waals surface area (Å²) in [6.07, 6.45) is 3.86. The fourth-order valence-corrected chi connectivity index (χ4v) is 2.47. The van der Waals surface area contributed by atoms with Crippen LogP contribution in [0.5, 0.6) is 5.75 Å². The summed E-state index contributed by atoms with van der Waals surface area (Å²) in [7, 11) is 1.63. The Kier molecular flexibility index (Phi) is 5.21. The summed E-state index contributed by atoms with van der Waals surface area (Å²) in [4.78, 5) is 11.9. The first-order valence-electron chi connectivity index (χ1n) is 6.91. The fraction of sp³-hybridized carbons (Fsp3) is 0.533. The Morgan fingerprint density at radius 1 is 1.47 bits per heavy atom. The minimum Gasteiger partial charge on any atom is -0.496 e. The highest BCUT2D eigenvalue weighted by atomic mass is 16.5. The number of hydrogen-bond donors (Lipinski definition) is 2. The zero-order chi connectivity index (χ0) is 13.5. The zero-order valence-electron chi connectivity index (χ0n) is 11.4. The van der Waals surface area contributed by atoms with Crippen molar-refractivity contribution in [3.05, 3.63) is 29.8 Å². The quantitative estimate of drug-likeness (QED) is 0.817. The molecule has 2 rings (SSSR count). The molecule has 2 N–H and O–H groups in total. The van der Waals surface area contributed by atoms with Crippen LogP contribution in [0.4, 0.5) is 0 Å². The predicted molar refractivity (Wildman–Crippen MR) is 75.3 cm³/mol. The summed E-state index contributed by atoms with van der Waals surface area (Å²) in [6, 6.07) is 8.22. The molecule has 104 valence electrons. The van der Waals surface area contributed by atoms with Crippen LogP contribution >= 0.6 is 0 Å². The van der Waals surface area contributed by atoms with Crippen LogP contribution in [-0.2, 0) is 11.2 Å². The summed E-state index contributed by atoms with van der Waals surface area (Å²) >= 11 is 0. The summed E-state index contributed by atoms with van der Waals surface area (Å²) in [5.41, 5.74) is 0.932. The van der Waals surface area contributed by atoms with Gasteiger partial charge in [-0.05, 0) is 31.9 Å². The first kappa shape index (κ1) is 13.9. The van der Waals surface area contributed by atoms with Crippen molar-refractivity contribution in [1.82, 2.24) is 10.6 Å². The van der Waals surface area contributed by atoms with Crippen molar-refractivity contribution in [2.24, 2.45) is 0 Å². The Balaban J connectivity index is 1.74. The molecule has 4 heteroatoms. The van der Waals surface area contributed by atoms with Crippen LogP contribution in [0.1, 0.15) is 24.8 Å². The number of rotatable bonds is 6. The zero-order valence-corrected chi connectivity index (χ0v) is 11.4. The minimum atomic E-state index is 0.0579. The second-order valence-electron chi connectivity index (χ2n) is 4.92. The van der Waals surface area contributed by atoms with Gasteiger partial charge >= 0.3 is 0 Å². The lowest BCUT2D eigenvalue weighted by molar-refractivity contribution is -0.120. The average Bonchev–Trinajstić information content (AvgIpc) is 2.92. The Labute approximate surface area is 114 Å². The maximum Gasteiger partial charge on any atom is 0.224 e. The van der Waals surface area contributed by atoms with E-state index in [0.717, 1.165) is 30.8 Å². The summed E-state index contributed by atoms with van der Waals surface area (Å²) < 4.78 is 5.24. The molecule has 1 aliphatic heterocycles. The largest absolute Gasteiger partial charge is 0.496 e. The van der Waals surface area contributed by atoms with E-state index in [1.165, 1.54) is 12.8 Å². The maximum atomic E-state index is 11.9. The number of benzene rings is 1. The fourth-order valence-electron chi connectivity index (χ4n) is 2.47.